The molecule has 1 aliphatic heterocycles. The van der Waals surface area contributed by atoms with E-state index in [1.165, 1.54) is 18.3 Å². The van der Waals surface area contributed by atoms with E-state index in [-0.39, 0.29) is 23.7 Å². The van der Waals surface area contributed by atoms with Gasteiger partial charge in [-0.05, 0) is 72.9 Å². The number of non-ortho nitro benzene ring substituents is 1. The molecule has 0 amide bonds. The molecule has 2 heterocycles. The number of carbonyl (C=O) groups excluding carboxylic acids is 1. The van der Waals surface area contributed by atoms with Crippen molar-refractivity contribution in [3.8, 4) is 28.8 Å². The van der Waals surface area contributed by atoms with Crippen molar-refractivity contribution in [2.24, 2.45) is 0 Å². The Balaban J connectivity index is 1.34. The molecule has 0 saturated carbocycles. The van der Waals surface area contributed by atoms with Gasteiger partial charge in [-0.25, -0.2) is 9.78 Å². The highest BCUT2D eigenvalue weighted by Gasteiger charge is 2.24. The van der Waals surface area contributed by atoms with Crippen LogP contribution in [0, 0.1) is 35.3 Å². The van der Waals surface area contributed by atoms with Crippen molar-refractivity contribution >= 4 is 17.6 Å². The van der Waals surface area contributed by atoms with Gasteiger partial charge in [-0.15, -0.1) is 0 Å². The zero-order valence-corrected chi connectivity index (χ0v) is 24.8. The van der Waals surface area contributed by atoms with Gasteiger partial charge in [-0.3, -0.25) is 15.0 Å². The Kier molecular flexibility index (Phi) is 9.12. The lowest BCUT2D eigenvalue weighted by Gasteiger charge is -2.34. The second-order valence-corrected chi connectivity index (χ2v) is 10.5. The minimum absolute atomic E-state index is 0.0765. The fraction of sp³-hybridized carbons (Fsp3) is 0.273. The summed E-state index contributed by atoms with van der Waals surface area (Å²) in [6.45, 7) is 9.28. The fourth-order valence-corrected chi connectivity index (χ4v) is 5.14. The van der Waals surface area contributed by atoms with Crippen LogP contribution in [0.5, 0.6) is 11.6 Å². The highest BCUT2D eigenvalue weighted by Crippen LogP contribution is 2.35. The molecule has 44 heavy (non-hydrogen) atoms. The van der Waals surface area contributed by atoms with Crippen molar-refractivity contribution in [2.75, 3.05) is 37.7 Å². The van der Waals surface area contributed by atoms with Crippen molar-refractivity contribution in [3.05, 3.63) is 105 Å². The number of nitrogens with zero attached hydrogens (tertiary/aromatic N) is 6. The number of nitriles is 1. The molecule has 1 saturated heterocycles. The Morgan fingerprint density at radius 3 is 2.25 bits per heavy atom. The fourth-order valence-electron chi connectivity index (χ4n) is 5.14. The van der Waals surface area contributed by atoms with E-state index in [0.717, 1.165) is 40.9 Å². The van der Waals surface area contributed by atoms with Gasteiger partial charge >= 0.3 is 5.97 Å². The number of benzene rings is 3. The summed E-state index contributed by atoms with van der Waals surface area (Å²) in [4.78, 5) is 36.8. The summed E-state index contributed by atoms with van der Waals surface area (Å²) in [5.74, 6) is 0.601. The van der Waals surface area contributed by atoms with E-state index in [9.17, 15) is 14.9 Å². The summed E-state index contributed by atoms with van der Waals surface area (Å²) >= 11 is 0. The summed E-state index contributed by atoms with van der Waals surface area (Å²) < 4.78 is 11.6. The molecule has 11 nitrogen and oxygen atoms in total. The van der Waals surface area contributed by atoms with Gasteiger partial charge in [-0.1, -0.05) is 24.3 Å². The van der Waals surface area contributed by atoms with Crippen molar-refractivity contribution in [2.45, 2.75) is 27.3 Å². The maximum absolute atomic E-state index is 12.8. The first kappa shape index (κ1) is 30.1. The van der Waals surface area contributed by atoms with Crippen LogP contribution in [0.1, 0.15) is 39.5 Å². The highest BCUT2D eigenvalue weighted by atomic mass is 16.6. The second kappa shape index (κ2) is 13.3. The van der Waals surface area contributed by atoms with Crippen LogP contribution in [0.4, 0.5) is 11.6 Å². The Bertz CT molecular complexity index is 1690. The van der Waals surface area contributed by atoms with E-state index < -0.39 is 10.9 Å². The molecule has 0 spiro atoms. The summed E-state index contributed by atoms with van der Waals surface area (Å²) in [5.41, 5.74) is 5.50. The third kappa shape index (κ3) is 6.82. The molecular formula is C33H32N6O5. The summed E-state index contributed by atoms with van der Waals surface area (Å²) in [7, 11) is 0. The van der Waals surface area contributed by atoms with Gasteiger partial charge in [0.15, 0.2) is 0 Å². The van der Waals surface area contributed by atoms with Crippen LogP contribution >= 0.6 is 0 Å². The van der Waals surface area contributed by atoms with Gasteiger partial charge in [0.2, 0.25) is 11.8 Å². The average molecular weight is 593 g/mol. The molecule has 0 radical (unpaired) electrons. The van der Waals surface area contributed by atoms with Gasteiger partial charge in [0.1, 0.15) is 11.3 Å². The number of rotatable bonds is 9. The quantitative estimate of drug-likeness (QED) is 0.133. The van der Waals surface area contributed by atoms with Crippen LogP contribution in [0.2, 0.25) is 0 Å². The number of aromatic nitrogens is 2. The van der Waals surface area contributed by atoms with Gasteiger partial charge < -0.3 is 14.4 Å². The van der Waals surface area contributed by atoms with Gasteiger partial charge in [-0.2, -0.15) is 10.2 Å². The number of aryl methyl sites for hydroxylation is 2. The Labute approximate surface area is 255 Å². The number of piperazine rings is 1. The number of esters is 1. The topological polar surface area (TPSA) is 135 Å². The lowest BCUT2D eigenvalue weighted by molar-refractivity contribution is -0.384. The minimum atomic E-state index is -0.563. The van der Waals surface area contributed by atoms with E-state index in [4.69, 9.17) is 19.7 Å². The van der Waals surface area contributed by atoms with Crippen molar-refractivity contribution in [3.63, 3.8) is 0 Å². The zero-order valence-electron chi connectivity index (χ0n) is 24.8. The van der Waals surface area contributed by atoms with Crippen molar-refractivity contribution < 1.29 is 19.2 Å². The van der Waals surface area contributed by atoms with E-state index >= 15 is 0 Å². The molecule has 4 aromatic rings. The molecular weight excluding hydrogens is 560 g/mol. The number of hydrogen-bond acceptors (Lipinski definition) is 10. The molecule has 3 aromatic carbocycles. The third-order valence-electron chi connectivity index (χ3n) is 7.45. The number of hydrogen-bond donors (Lipinski definition) is 0. The lowest BCUT2D eigenvalue weighted by Crippen LogP contribution is -2.46. The first-order valence-corrected chi connectivity index (χ1v) is 14.3. The largest absolute Gasteiger partial charge is 0.462 e. The van der Waals surface area contributed by atoms with Crippen LogP contribution in [-0.2, 0) is 11.3 Å². The third-order valence-corrected chi connectivity index (χ3v) is 7.45. The predicted octanol–water partition coefficient (Wildman–Crippen LogP) is 5.83. The van der Waals surface area contributed by atoms with E-state index in [1.807, 2.05) is 43.0 Å². The highest BCUT2D eigenvalue weighted by molar-refractivity contribution is 5.91. The van der Waals surface area contributed by atoms with Crippen LogP contribution < -0.4 is 9.64 Å². The molecule has 0 N–H and O–H groups in total. The standard InChI is InChI=1S/C33H32N6O5/c1-4-43-32(40)29-20-35-33(38-15-13-37(14-16-38)21-25-7-11-28(12-8-25)39(41)42)36-31(29)44-30-22(2)17-27(18-23(30)3)26-9-5-24(19-34)6-10-26/h5-12,17-18,20H,4,13-16,21H2,1-3H3. The number of anilines is 1. The molecule has 224 valence electrons. The molecule has 0 bridgehead atoms. The monoisotopic (exact) mass is 592 g/mol. The van der Waals surface area contributed by atoms with Crippen molar-refractivity contribution in [1.82, 2.24) is 14.9 Å². The summed E-state index contributed by atoms with van der Waals surface area (Å²) in [6.07, 6.45) is 1.45. The number of nitro groups is 1. The summed E-state index contributed by atoms with van der Waals surface area (Å²) in [6, 6.07) is 20.1. The summed E-state index contributed by atoms with van der Waals surface area (Å²) in [5, 5.41) is 20.1. The molecule has 11 heteroatoms. The molecule has 1 aromatic heterocycles. The van der Waals surface area contributed by atoms with E-state index in [0.29, 0.717) is 36.9 Å². The zero-order chi connectivity index (χ0) is 31.2. The van der Waals surface area contributed by atoms with E-state index in [1.54, 1.807) is 31.2 Å². The average Bonchev–Trinajstić information content (AvgIpc) is 3.03. The normalized spacial score (nSPS) is 13.3. The molecule has 0 atom stereocenters. The van der Waals surface area contributed by atoms with E-state index in [2.05, 4.69) is 16.0 Å². The minimum Gasteiger partial charge on any atom is -0.462 e. The Morgan fingerprint density at radius 1 is 1.00 bits per heavy atom. The van der Waals surface area contributed by atoms with Crippen LogP contribution in [-0.4, -0.2) is 58.5 Å². The molecule has 1 fully saturated rings. The first-order chi connectivity index (χ1) is 21.2. The Hall–Kier alpha value is -5.34. The SMILES string of the molecule is CCOC(=O)c1cnc(N2CCN(Cc3ccc([N+](=O)[O-])cc3)CC2)nc1Oc1c(C)cc(-c2ccc(C#N)cc2)cc1C. The smallest absolute Gasteiger partial charge is 0.345 e. The maximum atomic E-state index is 12.8. The van der Waals surface area contributed by atoms with Crippen LogP contribution in [0.15, 0.2) is 66.9 Å². The maximum Gasteiger partial charge on any atom is 0.345 e. The molecule has 0 aliphatic carbocycles. The Morgan fingerprint density at radius 2 is 1.66 bits per heavy atom. The second-order valence-electron chi connectivity index (χ2n) is 10.5. The molecule has 1 aliphatic rings. The number of carbonyl (C=O) groups is 1. The van der Waals surface area contributed by atoms with Gasteiger partial charge in [0, 0.05) is 44.9 Å². The number of nitro benzene ring substituents is 1. The van der Waals surface area contributed by atoms with Gasteiger partial charge in [0.05, 0.1) is 29.4 Å². The molecule has 5 rings (SSSR count). The number of ether oxygens (including phenoxy) is 2. The lowest BCUT2D eigenvalue weighted by atomic mass is 9.99. The first-order valence-electron chi connectivity index (χ1n) is 14.3. The van der Waals surface area contributed by atoms with Gasteiger partial charge in [0.25, 0.3) is 5.69 Å². The predicted molar refractivity (Wildman–Crippen MR) is 165 cm³/mol. The van der Waals surface area contributed by atoms with Crippen molar-refractivity contribution in [1.29, 1.82) is 5.26 Å². The van der Waals surface area contributed by atoms with Crippen LogP contribution in [0.25, 0.3) is 11.1 Å². The molecule has 0 unspecified atom stereocenters. The van der Waals surface area contributed by atoms with Crippen LogP contribution in [0.3, 0.4) is 0 Å².